The van der Waals surface area contributed by atoms with Crippen LogP contribution in [-0.4, -0.2) is 53.0 Å². The zero-order chi connectivity index (χ0) is 33.5. The molecule has 25 heteroatoms. The molecule has 0 bridgehead atoms. The molecule has 21 nitrogen and oxygen atoms in total. The Morgan fingerprint density at radius 2 is 1.53 bits per heavy atom. The highest BCUT2D eigenvalue weighted by atomic mass is 31.3. The van der Waals surface area contributed by atoms with E-state index < -0.39 is 79.0 Å². The lowest BCUT2D eigenvalue weighted by molar-refractivity contribution is -0.0450. The van der Waals surface area contributed by atoms with Crippen molar-refractivity contribution in [3.05, 3.63) is 72.8 Å². The van der Waals surface area contributed by atoms with Gasteiger partial charge in [0, 0.05) is 35.7 Å². The third kappa shape index (κ3) is 9.25. The molecule has 3 heterocycles. The number of H-pyrrole nitrogens is 1. The fraction of sp³-hybridized carbons (Fsp3) is 0.350. The van der Waals surface area contributed by atoms with E-state index in [0.717, 1.165) is 22.9 Å². The summed E-state index contributed by atoms with van der Waals surface area (Å²) >= 11 is 0. The summed E-state index contributed by atoms with van der Waals surface area (Å²) in [4.78, 5) is 76.4. The Bertz CT molecular complexity index is 1990. The number of aryl methyl sites for hydroxylation is 2. The number of aromatic nitrogens is 2. The highest BCUT2D eigenvalue weighted by Gasteiger charge is 2.47. The van der Waals surface area contributed by atoms with E-state index in [1.54, 1.807) is 6.92 Å². The smallest absolute Gasteiger partial charge is 0.423 e. The zero-order valence-electron chi connectivity index (χ0n) is 22.7. The van der Waals surface area contributed by atoms with E-state index in [0.29, 0.717) is 10.9 Å². The van der Waals surface area contributed by atoms with Gasteiger partial charge in [-0.15, -0.1) is 0 Å². The van der Waals surface area contributed by atoms with Crippen molar-refractivity contribution >= 4 is 42.3 Å². The number of aliphatic hydroxyl groups is 1. The van der Waals surface area contributed by atoms with Crippen molar-refractivity contribution in [2.24, 2.45) is 0 Å². The number of rotatable bonds is 12. The van der Waals surface area contributed by atoms with Crippen LogP contribution in [0.25, 0.3) is 11.0 Å². The second kappa shape index (κ2) is 12.9. The average Bonchev–Trinajstić information content (AvgIpc) is 3.22. The fourth-order valence-electron chi connectivity index (χ4n) is 3.96. The number of phosphoric acid groups is 4. The van der Waals surface area contributed by atoms with Gasteiger partial charge in [0.1, 0.15) is 23.7 Å². The molecule has 7 atom stereocenters. The van der Waals surface area contributed by atoms with Gasteiger partial charge in [-0.05, 0) is 31.5 Å². The second-order valence-corrected chi connectivity index (χ2v) is 15.5. The number of hydrogen-bond acceptors (Lipinski definition) is 15. The van der Waals surface area contributed by atoms with Crippen LogP contribution in [-0.2, 0) is 40.5 Å². The molecule has 1 aliphatic heterocycles. The first kappa shape index (κ1) is 35.3. The van der Waals surface area contributed by atoms with Crippen LogP contribution in [0.1, 0.15) is 23.8 Å². The maximum absolute atomic E-state index is 12.3. The summed E-state index contributed by atoms with van der Waals surface area (Å²) < 4.78 is 80.9. The molecule has 45 heavy (non-hydrogen) atoms. The van der Waals surface area contributed by atoms with Gasteiger partial charge >= 0.3 is 42.6 Å². The van der Waals surface area contributed by atoms with E-state index in [1.165, 1.54) is 19.1 Å². The second-order valence-electron chi connectivity index (χ2n) is 9.32. The lowest BCUT2D eigenvalue weighted by Crippen LogP contribution is -2.33. The number of aromatic amines is 1. The van der Waals surface area contributed by atoms with E-state index in [1.807, 2.05) is 4.98 Å². The molecule has 1 aliphatic rings. The molecule has 1 aromatic carbocycles. The van der Waals surface area contributed by atoms with E-state index in [-0.39, 0.29) is 17.6 Å². The SMILES string of the molecule is Cc1cn([C@H]2C[C@H](O)[C@@H](COP(=O)(O)OP(=O)(O)OP(=O)(O)OP(=O)(O)Oc3ccc4c(C)cc(=O)oc4c3)O2)c(=O)[nH]c1=O. The van der Waals surface area contributed by atoms with E-state index in [4.69, 9.17) is 9.15 Å². The van der Waals surface area contributed by atoms with E-state index in [9.17, 15) is 57.3 Å². The van der Waals surface area contributed by atoms with E-state index in [2.05, 4.69) is 22.0 Å². The van der Waals surface area contributed by atoms with Crippen LogP contribution >= 0.6 is 31.3 Å². The van der Waals surface area contributed by atoms with Crippen LogP contribution in [0.2, 0.25) is 0 Å². The first-order valence-electron chi connectivity index (χ1n) is 12.1. The standard InChI is InChI=1S/C20H24N2O19P4/c1-10-5-18(24)37-15-6-12(3-4-13(10)15)38-43(29,30)40-45(33,34)41-44(31,32)39-42(27,28)35-9-16-14(23)7-17(36-16)22-8-11(2)19(25)21-20(22)26/h3-6,8,14,16-17,23H,7,9H2,1-2H3,(H,27,28)(H,29,30)(H,31,32)(H,33,34)(H,21,25,26)/t14-,16+,17+/m0/s1. The maximum Gasteiger partial charge on any atom is 0.536 e. The Balaban J connectivity index is 1.35. The topological polar surface area (TPSA) is 310 Å². The van der Waals surface area contributed by atoms with Crippen LogP contribution in [0.4, 0.5) is 0 Å². The number of hydrogen-bond donors (Lipinski definition) is 6. The number of nitrogens with zero attached hydrogens (tertiary/aromatic N) is 1. The molecule has 4 rings (SSSR count). The quantitative estimate of drug-likeness (QED) is 0.114. The third-order valence-corrected chi connectivity index (χ3v) is 11.7. The number of phosphoric ester groups is 2. The monoisotopic (exact) mass is 720 g/mol. The molecule has 248 valence electrons. The molecular weight excluding hydrogens is 696 g/mol. The molecule has 2 aromatic heterocycles. The van der Waals surface area contributed by atoms with Gasteiger partial charge in [0.2, 0.25) is 0 Å². The van der Waals surface area contributed by atoms with Crippen LogP contribution < -0.4 is 21.4 Å². The summed E-state index contributed by atoms with van der Waals surface area (Å²) in [6, 6.07) is 4.55. The predicted octanol–water partition coefficient (Wildman–Crippen LogP) is 1.46. The number of fused-ring (bicyclic) bond motifs is 1. The van der Waals surface area contributed by atoms with Crippen molar-refractivity contribution in [1.29, 1.82) is 0 Å². The molecule has 0 radical (unpaired) electrons. The summed E-state index contributed by atoms with van der Waals surface area (Å²) in [7, 11) is -23.5. The highest BCUT2D eigenvalue weighted by molar-refractivity contribution is 7.69. The minimum Gasteiger partial charge on any atom is -0.423 e. The van der Waals surface area contributed by atoms with Crippen molar-refractivity contribution in [1.82, 2.24) is 9.55 Å². The first-order chi connectivity index (χ1) is 20.6. The Morgan fingerprint density at radius 3 is 2.20 bits per heavy atom. The first-order valence-corrected chi connectivity index (χ1v) is 18.1. The van der Waals surface area contributed by atoms with Gasteiger partial charge in [0.25, 0.3) is 5.56 Å². The molecule has 3 aromatic rings. The summed E-state index contributed by atoms with van der Waals surface area (Å²) in [5.41, 5.74) is -1.78. The van der Waals surface area contributed by atoms with Crippen molar-refractivity contribution in [3.8, 4) is 5.75 Å². The van der Waals surface area contributed by atoms with Gasteiger partial charge < -0.3 is 33.5 Å². The van der Waals surface area contributed by atoms with Crippen LogP contribution in [0.5, 0.6) is 5.75 Å². The Hall–Kier alpha value is -2.57. The zero-order valence-corrected chi connectivity index (χ0v) is 26.3. The minimum absolute atomic E-state index is 0.0978. The fourth-order valence-corrected chi connectivity index (χ4v) is 8.90. The molecule has 0 aliphatic carbocycles. The Morgan fingerprint density at radius 1 is 0.911 bits per heavy atom. The van der Waals surface area contributed by atoms with Gasteiger partial charge in [0.05, 0.1) is 12.7 Å². The number of aliphatic hydroxyl groups excluding tert-OH is 1. The Kier molecular flexibility index (Phi) is 10.1. The lowest BCUT2D eigenvalue weighted by Gasteiger charge is -2.21. The molecule has 0 amide bonds. The van der Waals surface area contributed by atoms with Gasteiger partial charge in [-0.2, -0.15) is 12.9 Å². The number of benzene rings is 1. The molecule has 1 fully saturated rings. The number of nitrogens with one attached hydrogen (secondary N) is 1. The minimum atomic E-state index is -6.10. The molecule has 0 spiro atoms. The lowest BCUT2D eigenvalue weighted by atomic mass is 10.1. The highest BCUT2D eigenvalue weighted by Crippen LogP contribution is 2.71. The molecule has 6 N–H and O–H groups in total. The third-order valence-electron chi connectivity index (χ3n) is 5.82. The van der Waals surface area contributed by atoms with Crippen LogP contribution in [0.15, 0.2) is 49.3 Å². The van der Waals surface area contributed by atoms with Gasteiger partial charge in [-0.1, -0.05) is 0 Å². The van der Waals surface area contributed by atoms with Crippen molar-refractivity contribution in [2.45, 2.75) is 38.7 Å². The predicted molar refractivity (Wildman–Crippen MR) is 147 cm³/mol. The van der Waals surface area contributed by atoms with Crippen molar-refractivity contribution < 1.29 is 74.1 Å². The molecule has 1 saturated heterocycles. The van der Waals surface area contributed by atoms with E-state index >= 15 is 0 Å². The summed E-state index contributed by atoms with van der Waals surface area (Å²) in [5.74, 6) is -0.516. The average molecular weight is 720 g/mol. The summed E-state index contributed by atoms with van der Waals surface area (Å²) in [6.45, 7) is 1.97. The largest absolute Gasteiger partial charge is 0.536 e. The van der Waals surface area contributed by atoms with Crippen molar-refractivity contribution in [3.63, 3.8) is 0 Å². The maximum atomic E-state index is 12.3. The normalized spacial score (nSPS) is 23.9. The summed E-state index contributed by atoms with van der Waals surface area (Å²) in [5, 5.41) is 10.6. The number of ether oxygens (including phenoxy) is 1. The molecular formula is C20H24N2O19P4. The summed E-state index contributed by atoms with van der Waals surface area (Å²) in [6.07, 6.45) is -3.10. The van der Waals surface area contributed by atoms with Gasteiger partial charge in [-0.3, -0.25) is 23.8 Å². The van der Waals surface area contributed by atoms with Crippen LogP contribution in [0.3, 0.4) is 0 Å². The van der Waals surface area contributed by atoms with Crippen molar-refractivity contribution in [2.75, 3.05) is 6.61 Å². The Labute approximate surface area is 250 Å². The molecule has 0 saturated carbocycles. The van der Waals surface area contributed by atoms with Gasteiger partial charge in [0.15, 0.2) is 0 Å². The van der Waals surface area contributed by atoms with Crippen LogP contribution in [0, 0.1) is 13.8 Å². The molecule has 4 unspecified atom stereocenters. The van der Waals surface area contributed by atoms with Gasteiger partial charge in [-0.25, -0.2) is 27.8 Å².